The van der Waals surface area contributed by atoms with Gasteiger partial charge in [-0.05, 0) is 42.7 Å². The topological polar surface area (TPSA) is 104 Å². The normalized spacial score (nSPS) is 10.9. The number of hydrogen-bond donors (Lipinski definition) is 1. The lowest BCUT2D eigenvalue weighted by Gasteiger charge is -2.12. The number of carbonyl (C=O) groups is 1. The van der Waals surface area contributed by atoms with E-state index in [1.807, 2.05) is 56.3 Å². The van der Waals surface area contributed by atoms with Crippen LogP contribution in [0.5, 0.6) is 5.75 Å². The third-order valence-electron chi connectivity index (χ3n) is 5.02. The molecule has 158 valence electrons. The fourth-order valence-corrected chi connectivity index (χ4v) is 3.40. The maximum Gasteiger partial charge on any atom is 0.283 e. The molecule has 0 saturated heterocycles. The number of rotatable bonds is 6. The van der Waals surface area contributed by atoms with E-state index in [1.54, 1.807) is 11.8 Å². The van der Waals surface area contributed by atoms with Crippen LogP contribution in [-0.4, -0.2) is 37.6 Å². The van der Waals surface area contributed by atoms with Gasteiger partial charge in [0.2, 0.25) is 5.91 Å². The summed E-state index contributed by atoms with van der Waals surface area (Å²) in [4.78, 5) is 29.7. The minimum atomic E-state index is -0.418. The highest BCUT2D eigenvalue weighted by atomic mass is 16.5. The summed E-state index contributed by atoms with van der Waals surface area (Å²) in [6.45, 7) is 4.06. The number of benzene rings is 2. The Bertz CT molecular complexity index is 1300. The fraction of sp³-hybridized carbons (Fsp3) is 0.227. The number of fused-ring (bicyclic) bond motifs is 1. The van der Waals surface area contributed by atoms with Gasteiger partial charge in [-0.3, -0.25) is 14.2 Å². The van der Waals surface area contributed by atoms with Crippen LogP contribution in [0.25, 0.3) is 11.2 Å². The molecule has 0 saturated carbocycles. The SMILES string of the molecule is COc1cccc(Cn2nnc3c(=O)n(CC(=O)Nc4c(C)cccc4C)cnc32)c1. The average molecular weight is 418 g/mol. The van der Waals surface area contributed by atoms with Crippen molar-refractivity contribution in [3.05, 3.63) is 75.8 Å². The van der Waals surface area contributed by atoms with E-state index >= 15 is 0 Å². The standard InChI is InChI=1S/C22H22N6O3/c1-14-6-4-7-15(2)19(14)24-18(29)12-27-13-23-21-20(22(27)30)25-26-28(21)11-16-8-5-9-17(10-16)31-3/h4-10,13H,11-12H2,1-3H3,(H,24,29). The van der Waals surface area contributed by atoms with Gasteiger partial charge in [0.25, 0.3) is 5.56 Å². The Balaban J connectivity index is 1.56. The summed E-state index contributed by atoms with van der Waals surface area (Å²) in [5.74, 6) is 0.413. The monoisotopic (exact) mass is 418 g/mol. The van der Waals surface area contributed by atoms with Gasteiger partial charge in [0, 0.05) is 5.69 Å². The Morgan fingerprint density at radius 2 is 1.87 bits per heavy atom. The van der Waals surface area contributed by atoms with Gasteiger partial charge in [-0.25, -0.2) is 9.67 Å². The Hall–Kier alpha value is -4.01. The van der Waals surface area contributed by atoms with E-state index in [0.717, 1.165) is 28.1 Å². The summed E-state index contributed by atoms with van der Waals surface area (Å²) in [5.41, 5.74) is 3.65. The first kappa shape index (κ1) is 20.3. The van der Waals surface area contributed by atoms with Crippen LogP contribution >= 0.6 is 0 Å². The van der Waals surface area contributed by atoms with Crippen molar-refractivity contribution >= 4 is 22.8 Å². The molecule has 0 bridgehead atoms. The van der Waals surface area contributed by atoms with Crippen LogP contribution in [0.2, 0.25) is 0 Å². The van der Waals surface area contributed by atoms with Gasteiger partial charge in [-0.1, -0.05) is 35.5 Å². The molecule has 9 nitrogen and oxygen atoms in total. The number of methoxy groups -OCH3 is 1. The van der Waals surface area contributed by atoms with E-state index in [2.05, 4.69) is 20.6 Å². The molecule has 1 N–H and O–H groups in total. The van der Waals surface area contributed by atoms with Crippen LogP contribution in [0.3, 0.4) is 0 Å². The first-order chi connectivity index (χ1) is 15.0. The van der Waals surface area contributed by atoms with Gasteiger partial charge in [0.15, 0.2) is 11.2 Å². The van der Waals surface area contributed by atoms with Crippen LogP contribution in [0.1, 0.15) is 16.7 Å². The zero-order valence-electron chi connectivity index (χ0n) is 17.5. The maximum absolute atomic E-state index is 12.8. The molecule has 0 aliphatic carbocycles. The van der Waals surface area contributed by atoms with Gasteiger partial charge < -0.3 is 10.1 Å². The lowest BCUT2D eigenvalue weighted by atomic mass is 10.1. The second kappa shape index (κ2) is 8.39. The number of anilines is 1. The molecule has 0 unspecified atom stereocenters. The quantitative estimate of drug-likeness (QED) is 0.515. The summed E-state index contributed by atoms with van der Waals surface area (Å²) in [7, 11) is 1.60. The van der Waals surface area contributed by atoms with E-state index in [0.29, 0.717) is 12.2 Å². The van der Waals surface area contributed by atoms with Crippen LogP contribution in [0, 0.1) is 13.8 Å². The maximum atomic E-state index is 12.8. The van der Waals surface area contributed by atoms with Crippen LogP contribution in [0.4, 0.5) is 5.69 Å². The second-order valence-corrected chi connectivity index (χ2v) is 7.26. The molecule has 2 aromatic heterocycles. The number of ether oxygens (including phenoxy) is 1. The number of aromatic nitrogens is 5. The van der Waals surface area contributed by atoms with Gasteiger partial charge in [-0.2, -0.15) is 0 Å². The number of nitrogens with zero attached hydrogens (tertiary/aromatic N) is 5. The number of nitrogens with one attached hydrogen (secondary N) is 1. The number of carbonyl (C=O) groups excluding carboxylic acids is 1. The lowest BCUT2D eigenvalue weighted by Crippen LogP contribution is -2.28. The molecule has 4 aromatic rings. The highest BCUT2D eigenvalue weighted by molar-refractivity contribution is 5.92. The Labute approximate surface area is 178 Å². The minimum absolute atomic E-state index is 0.116. The highest BCUT2D eigenvalue weighted by Gasteiger charge is 2.15. The number of aryl methyl sites for hydroxylation is 2. The molecular weight excluding hydrogens is 396 g/mol. The van der Waals surface area contributed by atoms with Crippen molar-refractivity contribution in [1.82, 2.24) is 24.5 Å². The first-order valence-electron chi connectivity index (χ1n) is 9.74. The summed E-state index contributed by atoms with van der Waals surface area (Å²) in [6.07, 6.45) is 1.35. The summed E-state index contributed by atoms with van der Waals surface area (Å²) in [6, 6.07) is 13.3. The van der Waals surface area contributed by atoms with Crippen molar-refractivity contribution in [3.8, 4) is 5.75 Å². The Morgan fingerprint density at radius 3 is 2.61 bits per heavy atom. The molecule has 31 heavy (non-hydrogen) atoms. The van der Waals surface area contributed by atoms with Crippen molar-refractivity contribution < 1.29 is 9.53 Å². The number of amides is 1. The van der Waals surface area contributed by atoms with Crippen molar-refractivity contribution in [1.29, 1.82) is 0 Å². The zero-order chi connectivity index (χ0) is 22.0. The molecule has 0 radical (unpaired) electrons. The molecule has 2 heterocycles. The second-order valence-electron chi connectivity index (χ2n) is 7.26. The largest absolute Gasteiger partial charge is 0.497 e. The highest BCUT2D eigenvalue weighted by Crippen LogP contribution is 2.19. The molecule has 0 spiro atoms. The number of para-hydroxylation sites is 1. The molecule has 0 fully saturated rings. The predicted octanol–water partition coefficient (Wildman–Crippen LogP) is 2.30. The molecule has 1 amide bonds. The average Bonchev–Trinajstić information content (AvgIpc) is 3.16. The van der Waals surface area contributed by atoms with Crippen molar-refractivity contribution in [2.75, 3.05) is 12.4 Å². The zero-order valence-corrected chi connectivity index (χ0v) is 17.5. The Morgan fingerprint density at radius 1 is 1.13 bits per heavy atom. The molecule has 9 heteroatoms. The molecule has 0 aliphatic heterocycles. The van der Waals surface area contributed by atoms with Crippen LogP contribution < -0.4 is 15.6 Å². The van der Waals surface area contributed by atoms with Gasteiger partial charge in [-0.15, -0.1) is 5.10 Å². The summed E-state index contributed by atoms with van der Waals surface area (Å²) < 4.78 is 8.02. The lowest BCUT2D eigenvalue weighted by molar-refractivity contribution is -0.116. The molecule has 0 atom stereocenters. The summed E-state index contributed by atoms with van der Waals surface area (Å²) in [5, 5.41) is 10.9. The van der Waals surface area contributed by atoms with Crippen molar-refractivity contribution in [3.63, 3.8) is 0 Å². The van der Waals surface area contributed by atoms with Crippen LogP contribution in [0.15, 0.2) is 53.6 Å². The third kappa shape index (κ3) is 4.16. The predicted molar refractivity (Wildman–Crippen MR) is 116 cm³/mol. The summed E-state index contributed by atoms with van der Waals surface area (Å²) >= 11 is 0. The first-order valence-corrected chi connectivity index (χ1v) is 9.74. The minimum Gasteiger partial charge on any atom is -0.497 e. The van der Waals surface area contributed by atoms with Gasteiger partial charge >= 0.3 is 0 Å². The van der Waals surface area contributed by atoms with E-state index in [1.165, 1.54) is 10.9 Å². The molecule has 0 aliphatic rings. The smallest absolute Gasteiger partial charge is 0.283 e. The third-order valence-corrected chi connectivity index (χ3v) is 5.02. The van der Waals surface area contributed by atoms with E-state index < -0.39 is 5.56 Å². The van der Waals surface area contributed by atoms with E-state index in [4.69, 9.17) is 4.74 Å². The molecular formula is C22H22N6O3. The van der Waals surface area contributed by atoms with Gasteiger partial charge in [0.05, 0.1) is 13.7 Å². The van der Waals surface area contributed by atoms with Crippen LogP contribution in [-0.2, 0) is 17.9 Å². The van der Waals surface area contributed by atoms with E-state index in [9.17, 15) is 9.59 Å². The van der Waals surface area contributed by atoms with Crippen molar-refractivity contribution in [2.24, 2.45) is 0 Å². The number of hydrogen-bond acceptors (Lipinski definition) is 6. The molecule has 2 aromatic carbocycles. The fourth-order valence-electron chi connectivity index (χ4n) is 3.40. The van der Waals surface area contributed by atoms with Crippen molar-refractivity contribution in [2.45, 2.75) is 26.9 Å². The van der Waals surface area contributed by atoms with E-state index in [-0.39, 0.29) is 18.0 Å². The molecule has 4 rings (SSSR count). The Kier molecular flexibility index (Phi) is 5.48. The van der Waals surface area contributed by atoms with Gasteiger partial charge in [0.1, 0.15) is 18.6 Å².